The predicted octanol–water partition coefficient (Wildman–Crippen LogP) is -0.635. The molecule has 0 unspecified atom stereocenters. The van der Waals surface area contributed by atoms with Gasteiger partial charge in [-0.3, -0.25) is 0 Å². The van der Waals surface area contributed by atoms with Crippen molar-refractivity contribution in [3.8, 4) is 0 Å². The molecule has 1 radical (unpaired) electrons. The Morgan fingerprint density at radius 1 is 0.933 bits per heavy atom. The summed E-state index contributed by atoms with van der Waals surface area (Å²) >= 11 is 9.29. The number of hydrogen-bond donors (Lipinski definition) is 2. The minimum Gasteiger partial charge on any atom is -0.246 e. The molecule has 0 aromatic carbocycles. The van der Waals surface area contributed by atoms with E-state index in [-0.39, 0.29) is 68.9 Å². The molecule has 0 amide bonds. The maximum absolute atomic E-state index is 4.64. The number of nitrogens with zero attached hydrogens (tertiary/aromatic N) is 6. The molecule has 2 aromatic rings. The molecule has 2 heterocycles. The summed E-state index contributed by atoms with van der Waals surface area (Å²) in [5.74, 6) is 0. The van der Waals surface area contributed by atoms with Crippen LogP contribution in [0.3, 0.4) is 0 Å². The number of aromatic nitrogens is 8. The number of aryl methyl sites for hydroxylation is 2. The fourth-order valence-electron chi connectivity index (χ4n) is 0.484. The summed E-state index contributed by atoms with van der Waals surface area (Å²) in [5.41, 5.74) is 0. The first-order valence-electron chi connectivity index (χ1n) is 3.49. The van der Waals surface area contributed by atoms with Gasteiger partial charge in [-0.2, -0.15) is 10.4 Å². The molecule has 0 saturated carbocycles. The molecule has 0 saturated heterocycles. The van der Waals surface area contributed by atoms with Crippen molar-refractivity contribution < 1.29 is 0 Å². The normalized spacial score (nSPS) is 8.67. The van der Waals surface area contributed by atoms with Gasteiger partial charge < -0.3 is 0 Å². The zero-order valence-electron chi connectivity index (χ0n) is 8.50. The Bertz CT molecular complexity index is 446. The van der Waals surface area contributed by atoms with Crippen LogP contribution in [0.15, 0.2) is 0 Å². The molecule has 15 heavy (non-hydrogen) atoms. The fraction of sp³-hybridized carbons (Fsp3) is 0.500. The van der Waals surface area contributed by atoms with Crippen LogP contribution in [0.25, 0.3) is 0 Å². The summed E-state index contributed by atoms with van der Waals surface area (Å²) in [6, 6.07) is 0. The van der Waals surface area contributed by atoms with Crippen LogP contribution in [0, 0.1) is 9.54 Å². The second-order valence-corrected chi connectivity index (χ2v) is 3.01. The molecule has 0 fully saturated rings. The number of tetrazole rings is 2. The van der Waals surface area contributed by atoms with E-state index in [1.807, 2.05) is 0 Å². The zero-order chi connectivity index (χ0) is 10.6. The average Bonchev–Trinajstić information content (AvgIpc) is 2.67. The second kappa shape index (κ2) is 7.83. The van der Waals surface area contributed by atoms with Gasteiger partial charge in [-0.1, -0.05) is 20.6 Å². The van der Waals surface area contributed by atoms with Gasteiger partial charge in [-0.25, -0.2) is 9.36 Å². The summed E-state index contributed by atoms with van der Waals surface area (Å²) in [6.07, 6.45) is 0. The minimum atomic E-state index is 0. The van der Waals surface area contributed by atoms with Crippen molar-refractivity contribution in [2.75, 3.05) is 0 Å². The van der Waals surface area contributed by atoms with E-state index in [0.717, 1.165) is 0 Å². The molecule has 2 aromatic heterocycles. The Morgan fingerprint density at radius 2 is 1.27 bits per heavy atom. The van der Waals surface area contributed by atoms with Crippen molar-refractivity contribution in [3.05, 3.63) is 9.54 Å². The van der Waals surface area contributed by atoms with E-state index < -0.39 is 0 Å². The third-order valence-electron chi connectivity index (χ3n) is 1.23. The van der Waals surface area contributed by atoms with Gasteiger partial charge in [-0.05, 0) is 24.4 Å². The molecule has 0 bridgehead atoms. The van der Waals surface area contributed by atoms with Crippen LogP contribution in [0.4, 0.5) is 0 Å². The van der Waals surface area contributed by atoms with Gasteiger partial charge in [0.1, 0.15) is 0 Å². The third-order valence-corrected chi connectivity index (χ3v) is 1.95. The predicted molar refractivity (Wildman–Crippen MR) is 58.1 cm³/mol. The van der Waals surface area contributed by atoms with Gasteiger partial charge in [0.2, 0.25) is 9.54 Å². The Kier molecular flexibility index (Phi) is 8.16. The van der Waals surface area contributed by atoms with Crippen molar-refractivity contribution in [3.63, 3.8) is 0 Å². The first-order valence-corrected chi connectivity index (χ1v) is 4.31. The van der Waals surface area contributed by atoms with Crippen molar-refractivity contribution in [2.45, 2.75) is 0 Å². The molecular weight excluding hydrogens is 357 g/mol. The summed E-state index contributed by atoms with van der Waals surface area (Å²) in [5, 5.41) is 18.8. The SMILES string of the molecule is Cn1[nH]nnc1=S.Cn1[nH]nnc1=S.[Cs]. The van der Waals surface area contributed by atoms with Crippen LogP contribution in [-0.2, 0) is 14.1 Å². The van der Waals surface area contributed by atoms with Crippen molar-refractivity contribution in [2.24, 2.45) is 14.1 Å². The molecule has 2 N–H and O–H groups in total. The molecular formula is C4H8CsN8S2. The fourth-order valence-corrected chi connectivity index (χ4v) is 0.647. The van der Waals surface area contributed by atoms with Gasteiger partial charge in [0.25, 0.3) is 0 Å². The molecule has 0 aliphatic rings. The van der Waals surface area contributed by atoms with Crippen LogP contribution in [-0.4, -0.2) is 109 Å². The van der Waals surface area contributed by atoms with Gasteiger partial charge in [0.05, 0.1) is 0 Å². The molecule has 0 spiro atoms. The van der Waals surface area contributed by atoms with Crippen LogP contribution in [0.5, 0.6) is 0 Å². The number of aromatic amines is 2. The molecule has 77 valence electrons. The van der Waals surface area contributed by atoms with Gasteiger partial charge in [-0.15, -0.1) is 0 Å². The van der Waals surface area contributed by atoms with E-state index in [1.54, 1.807) is 23.5 Å². The van der Waals surface area contributed by atoms with Crippen LogP contribution >= 0.6 is 24.4 Å². The number of nitrogens with one attached hydrogen (secondary N) is 2. The minimum absolute atomic E-state index is 0. The maximum Gasteiger partial charge on any atom is 0.237 e. The average molecular weight is 365 g/mol. The Hall–Kier alpha value is 0.632. The molecule has 0 aliphatic heterocycles. The van der Waals surface area contributed by atoms with E-state index in [0.29, 0.717) is 9.54 Å². The van der Waals surface area contributed by atoms with Crippen molar-refractivity contribution in [1.82, 2.24) is 40.4 Å². The standard InChI is InChI=1S/2C2H4N4S.Cs/c2*1-6-2(7)3-4-5-6;/h2*1H3,(H,3,5,7);. The first-order chi connectivity index (χ1) is 6.61. The Morgan fingerprint density at radius 3 is 1.33 bits per heavy atom. The zero-order valence-corrected chi connectivity index (χ0v) is 16.4. The summed E-state index contributed by atoms with van der Waals surface area (Å²) in [6.45, 7) is 0. The van der Waals surface area contributed by atoms with Crippen LogP contribution in [0.2, 0.25) is 0 Å². The van der Waals surface area contributed by atoms with E-state index in [1.165, 1.54) is 0 Å². The van der Waals surface area contributed by atoms with Gasteiger partial charge >= 0.3 is 0 Å². The number of rotatable bonds is 0. The second-order valence-electron chi connectivity index (χ2n) is 2.28. The molecule has 8 nitrogen and oxygen atoms in total. The monoisotopic (exact) mass is 365 g/mol. The van der Waals surface area contributed by atoms with Crippen molar-refractivity contribution in [1.29, 1.82) is 0 Å². The maximum atomic E-state index is 4.64. The number of hydrogen-bond acceptors (Lipinski definition) is 6. The molecule has 2 rings (SSSR count). The molecule has 0 aliphatic carbocycles. The molecule has 11 heteroatoms. The van der Waals surface area contributed by atoms with Crippen molar-refractivity contribution >= 4 is 93.3 Å². The first kappa shape index (κ1) is 15.6. The summed E-state index contributed by atoms with van der Waals surface area (Å²) in [7, 11) is 3.50. The van der Waals surface area contributed by atoms with E-state index in [2.05, 4.69) is 55.5 Å². The smallest absolute Gasteiger partial charge is 0.237 e. The quantitative estimate of drug-likeness (QED) is 0.604. The van der Waals surface area contributed by atoms with Crippen LogP contribution in [0.1, 0.15) is 0 Å². The summed E-state index contributed by atoms with van der Waals surface area (Å²) < 4.78 is 4.05. The summed E-state index contributed by atoms with van der Waals surface area (Å²) in [4.78, 5) is 0. The van der Waals surface area contributed by atoms with Gasteiger partial charge in [0, 0.05) is 83.0 Å². The van der Waals surface area contributed by atoms with E-state index in [9.17, 15) is 0 Å². The largest absolute Gasteiger partial charge is 0.246 e. The van der Waals surface area contributed by atoms with Crippen LogP contribution < -0.4 is 0 Å². The Labute approximate surface area is 154 Å². The molecule has 0 atom stereocenters. The van der Waals surface area contributed by atoms with Gasteiger partial charge in [0.15, 0.2) is 0 Å². The van der Waals surface area contributed by atoms with E-state index >= 15 is 0 Å². The topological polar surface area (TPSA) is 93.0 Å². The number of H-pyrrole nitrogens is 2. The van der Waals surface area contributed by atoms with E-state index in [4.69, 9.17) is 0 Å². The Balaban J connectivity index is 0.000000245. The third kappa shape index (κ3) is 5.48.